The second kappa shape index (κ2) is 4.46. The van der Waals surface area contributed by atoms with E-state index >= 15 is 0 Å². The van der Waals surface area contributed by atoms with Gasteiger partial charge in [0.2, 0.25) is 0 Å². The van der Waals surface area contributed by atoms with Gasteiger partial charge in [0.1, 0.15) is 0 Å². The van der Waals surface area contributed by atoms with Gasteiger partial charge in [-0.3, -0.25) is 0 Å². The van der Waals surface area contributed by atoms with Crippen LogP contribution in [0.5, 0.6) is 0 Å². The molecule has 0 saturated heterocycles. The lowest BCUT2D eigenvalue weighted by molar-refractivity contribution is 0.274. The van der Waals surface area contributed by atoms with E-state index in [0.29, 0.717) is 11.8 Å². The lowest BCUT2D eigenvalue weighted by Crippen LogP contribution is -2.31. The summed E-state index contributed by atoms with van der Waals surface area (Å²) in [5.41, 5.74) is 6.31. The van der Waals surface area contributed by atoms with E-state index in [1.165, 1.54) is 13.0 Å². The van der Waals surface area contributed by atoms with Crippen LogP contribution in [0.4, 0.5) is 0 Å². The molecule has 1 nitrogen and oxygen atoms in total. The van der Waals surface area contributed by atoms with Gasteiger partial charge >= 0.3 is 0 Å². The fraction of sp³-hybridized carbons (Fsp3) is 0.368. The van der Waals surface area contributed by atoms with Crippen LogP contribution in [-0.4, -0.2) is 25.5 Å². The van der Waals surface area contributed by atoms with Gasteiger partial charge in [0.25, 0.3) is 0 Å². The van der Waals surface area contributed by atoms with Crippen LogP contribution in [0.25, 0.3) is 0 Å². The Labute approximate surface area is 121 Å². The van der Waals surface area contributed by atoms with Crippen LogP contribution in [0.1, 0.15) is 34.1 Å². The molecule has 3 unspecified atom stereocenters. The van der Waals surface area contributed by atoms with E-state index in [1.54, 1.807) is 22.3 Å². The van der Waals surface area contributed by atoms with Crippen molar-refractivity contribution in [2.75, 3.05) is 20.6 Å². The highest BCUT2D eigenvalue weighted by Crippen LogP contribution is 2.55. The normalized spacial score (nSPS) is 26.4. The Kier molecular flexibility index (Phi) is 2.71. The van der Waals surface area contributed by atoms with Crippen molar-refractivity contribution in [3.05, 3.63) is 70.8 Å². The predicted molar refractivity (Wildman–Crippen MR) is 83.2 cm³/mol. The van der Waals surface area contributed by atoms with Crippen molar-refractivity contribution < 1.29 is 0 Å². The van der Waals surface area contributed by atoms with Gasteiger partial charge in [-0.1, -0.05) is 48.5 Å². The molecule has 102 valence electrons. The molecule has 0 saturated carbocycles. The highest BCUT2D eigenvalue weighted by atomic mass is 15.1. The van der Waals surface area contributed by atoms with E-state index in [4.69, 9.17) is 0 Å². The van der Waals surface area contributed by atoms with Crippen LogP contribution < -0.4 is 0 Å². The Balaban J connectivity index is 1.89. The van der Waals surface area contributed by atoms with Crippen molar-refractivity contribution in [1.82, 2.24) is 4.90 Å². The van der Waals surface area contributed by atoms with E-state index < -0.39 is 0 Å². The van der Waals surface area contributed by atoms with Crippen LogP contribution in [0.15, 0.2) is 48.5 Å². The molecule has 0 spiro atoms. The fourth-order valence-electron chi connectivity index (χ4n) is 4.40. The fourth-order valence-corrected chi connectivity index (χ4v) is 4.40. The minimum atomic E-state index is 0.601. The van der Waals surface area contributed by atoms with E-state index in [2.05, 4.69) is 67.5 Å². The van der Waals surface area contributed by atoms with Crippen LogP contribution in [0, 0.1) is 5.92 Å². The Morgan fingerprint density at radius 1 is 0.900 bits per heavy atom. The average Bonchev–Trinajstić information content (AvgIpc) is 2.65. The monoisotopic (exact) mass is 263 g/mol. The highest BCUT2D eigenvalue weighted by Gasteiger charge is 2.45. The zero-order valence-electron chi connectivity index (χ0n) is 12.2. The molecule has 2 aliphatic rings. The SMILES string of the molecule is CN(C)CC1C2Cc3ccccc3C1c1ccccc12. The van der Waals surface area contributed by atoms with Crippen molar-refractivity contribution in [3.63, 3.8) is 0 Å². The standard InChI is InChI=1S/C19H21N/c1-20(2)12-18-17-11-13-7-3-4-8-14(13)19(18)16-10-6-5-9-15(16)17/h3-10,17-19H,11-12H2,1-2H3. The highest BCUT2D eigenvalue weighted by molar-refractivity contribution is 5.52. The van der Waals surface area contributed by atoms with Crippen molar-refractivity contribution in [2.24, 2.45) is 5.92 Å². The minimum absolute atomic E-state index is 0.601. The summed E-state index contributed by atoms with van der Waals surface area (Å²) >= 11 is 0. The average molecular weight is 263 g/mol. The molecule has 0 N–H and O–H groups in total. The molecule has 0 aliphatic heterocycles. The third-order valence-electron chi connectivity index (χ3n) is 5.08. The summed E-state index contributed by atoms with van der Waals surface area (Å²) in [5, 5.41) is 0. The van der Waals surface area contributed by atoms with Gasteiger partial charge < -0.3 is 4.90 Å². The van der Waals surface area contributed by atoms with Gasteiger partial charge in [0.05, 0.1) is 0 Å². The molecule has 2 aliphatic carbocycles. The van der Waals surface area contributed by atoms with Crippen LogP contribution in [-0.2, 0) is 6.42 Å². The molecule has 1 heteroatoms. The molecule has 0 radical (unpaired) electrons. The van der Waals surface area contributed by atoms with Crippen molar-refractivity contribution in [3.8, 4) is 0 Å². The maximum Gasteiger partial charge on any atom is 0.0141 e. The van der Waals surface area contributed by atoms with Crippen LogP contribution in [0.3, 0.4) is 0 Å². The number of hydrogen-bond donors (Lipinski definition) is 0. The quantitative estimate of drug-likeness (QED) is 0.799. The third kappa shape index (κ3) is 1.66. The second-order valence-electron chi connectivity index (χ2n) is 6.54. The molecule has 20 heavy (non-hydrogen) atoms. The van der Waals surface area contributed by atoms with Crippen molar-refractivity contribution in [2.45, 2.75) is 18.3 Å². The first-order valence-electron chi connectivity index (χ1n) is 7.57. The maximum atomic E-state index is 2.36. The molecule has 0 amide bonds. The van der Waals surface area contributed by atoms with Gasteiger partial charge in [-0.2, -0.15) is 0 Å². The van der Waals surface area contributed by atoms with Crippen molar-refractivity contribution >= 4 is 0 Å². The molecule has 3 atom stereocenters. The summed E-state index contributed by atoms with van der Waals surface area (Å²) in [7, 11) is 4.40. The molecule has 2 aromatic carbocycles. The van der Waals surface area contributed by atoms with Crippen LogP contribution in [0.2, 0.25) is 0 Å². The minimum Gasteiger partial charge on any atom is -0.309 e. The summed E-state index contributed by atoms with van der Waals surface area (Å²) < 4.78 is 0. The molecule has 2 bridgehead atoms. The smallest absolute Gasteiger partial charge is 0.0141 e. The first-order chi connectivity index (χ1) is 9.75. The van der Waals surface area contributed by atoms with E-state index in [9.17, 15) is 0 Å². The van der Waals surface area contributed by atoms with Crippen LogP contribution >= 0.6 is 0 Å². The molecule has 0 heterocycles. The largest absolute Gasteiger partial charge is 0.309 e. The lowest BCUT2D eigenvalue weighted by atomic mass is 9.73. The summed E-state index contributed by atoms with van der Waals surface area (Å²) in [6.07, 6.45) is 1.21. The zero-order valence-corrected chi connectivity index (χ0v) is 12.2. The summed E-state index contributed by atoms with van der Waals surface area (Å²) in [5.74, 6) is 2.04. The lowest BCUT2D eigenvalue weighted by Gasteiger charge is -2.34. The number of fused-ring (bicyclic) bond motifs is 7. The Hall–Kier alpha value is -1.60. The Bertz CT molecular complexity index is 633. The summed E-state index contributed by atoms with van der Waals surface area (Å²) in [4.78, 5) is 2.35. The Morgan fingerprint density at radius 3 is 2.30 bits per heavy atom. The number of hydrogen-bond acceptors (Lipinski definition) is 1. The summed E-state index contributed by atoms with van der Waals surface area (Å²) in [6.45, 7) is 1.18. The molecular formula is C19H21N. The molecule has 4 rings (SSSR count). The first kappa shape index (κ1) is 12.2. The number of rotatable bonds is 2. The predicted octanol–water partition coefficient (Wildman–Crippen LogP) is 3.65. The Morgan fingerprint density at radius 2 is 1.55 bits per heavy atom. The first-order valence-corrected chi connectivity index (χ1v) is 7.57. The van der Waals surface area contributed by atoms with E-state index in [-0.39, 0.29) is 0 Å². The van der Waals surface area contributed by atoms with Gasteiger partial charge in [-0.25, -0.2) is 0 Å². The molecule has 0 fully saturated rings. The zero-order chi connectivity index (χ0) is 13.7. The van der Waals surface area contributed by atoms with Gasteiger partial charge in [0.15, 0.2) is 0 Å². The topological polar surface area (TPSA) is 3.24 Å². The van der Waals surface area contributed by atoms with Crippen molar-refractivity contribution in [1.29, 1.82) is 0 Å². The summed E-state index contributed by atoms with van der Waals surface area (Å²) in [6, 6.07) is 18.2. The second-order valence-corrected chi connectivity index (χ2v) is 6.54. The molecule has 0 aromatic heterocycles. The number of benzene rings is 2. The van der Waals surface area contributed by atoms with Gasteiger partial charge in [0, 0.05) is 12.5 Å². The third-order valence-corrected chi connectivity index (χ3v) is 5.08. The van der Waals surface area contributed by atoms with E-state index in [0.717, 1.165) is 5.92 Å². The maximum absolute atomic E-state index is 2.36. The molecule has 2 aromatic rings. The van der Waals surface area contributed by atoms with Gasteiger partial charge in [-0.15, -0.1) is 0 Å². The number of nitrogens with zero attached hydrogens (tertiary/aromatic N) is 1. The molecular weight excluding hydrogens is 242 g/mol. The van der Waals surface area contributed by atoms with E-state index in [1.807, 2.05) is 0 Å². The van der Waals surface area contributed by atoms with Gasteiger partial charge in [-0.05, 0) is 54.6 Å².